The Kier molecular flexibility index (Phi) is 4.25. The second-order valence-electron chi connectivity index (χ2n) is 8.27. The summed E-state index contributed by atoms with van der Waals surface area (Å²) in [5.41, 5.74) is 3.65. The van der Waals surface area contributed by atoms with Crippen LogP contribution >= 0.6 is 11.3 Å². The first-order valence-electron chi connectivity index (χ1n) is 10.4. The Hall–Kier alpha value is -3.84. The molecule has 1 aliphatic heterocycles. The van der Waals surface area contributed by atoms with Crippen molar-refractivity contribution in [3.05, 3.63) is 105 Å². The third-order valence-corrected chi connectivity index (χ3v) is 6.98. The zero-order valence-electron chi connectivity index (χ0n) is 17.8. The maximum absolute atomic E-state index is 13.9. The first-order valence-corrected chi connectivity index (χ1v) is 11.3. The van der Waals surface area contributed by atoms with Crippen molar-refractivity contribution in [1.82, 2.24) is 4.98 Å². The van der Waals surface area contributed by atoms with Gasteiger partial charge in [-0.05, 0) is 55.3 Å². The quantitative estimate of drug-likeness (QED) is 0.331. The minimum Gasteiger partial charge on any atom is -0.450 e. The highest BCUT2D eigenvalue weighted by molar-refractivity contribution is 7.22. The number of thiazole rings is 1. The van der Waals surface area contributed by atoms with Gasteiger partial charge in [0, 0.05) is 0 Å². The van der Waals surface area contributed by atoms with Gasteiger partial charge in [-0.3, -0.25) is 14.5 Å². The van der Waals surface area contributed by atoms with Crippen molar-refractivity contribution < 1.29 is 13.6 Å². The molecular weight excluding hydrogens is 439 g/mol. The third kappa shape index (κ3) is 3.00. The average Bonchev–Trinajstić information content (AvgIpc) is 3.33. The Bertz CT molecular complexity index is 1650. The molecule has 0 unspecified atom stereocenters. The van der Waals surface area contributed by atoms with Crippen molar-refractivity contribution in [3.63, 3.8) is 0 Å². The van der Waals surface area contributed by atoms with Crippen molar-refractivity contribution in [1.29, 1.82) is 0 Å². The number of anilines is 1. The molecule has 0 spiro atoms. The molecule has 3 heterocycles. The van der Waals surface area contributed by atoms with E-state index in [9.17, 15) is 14.0 Å². The lowest BCUT2D eigenvalue weighted by Crippen LogP contribution is -2.29. The second kappa shape index (κ2) is 7.08. The summed E-state index contributed by atoms with van der Waals surface area (Å²) in [5, 5.41) is 0.590. The highest BCUT2D eigenvalue weighted by Crippen LogP contribution is 2.43. The lowest BCUT2D eigenvalue weighted by molar-refractivity contribution is 0.0971. The Morgan fingerprint density at radius 3 is 2.52 bits per heavy atom. The van der Waals surface area contributed by atoms with Gasteiger partial charge >= 0.3 is 0 Å². The summed E-state index contributed by atoms with van der Waals surface area (Å²) >= 11 is 1.39. The molecule has 1 atom stereocenters. The largest absolute Gasteiger partial charge is 0.450 e. The molecule has 3 aromatic carbocycles. The Morgan fingerprint density at radius 1 is 0.970 bits per heavy atom. The topological polar surface area (TPSA) is 63.4 Å². The Morgan fingerprint density at radius 2 is 1.73 bits per heavy atom. The van der Waals surface area contributed by atoms with Crippen LogP contribution in [0.3, 0.4) is 0 Å². The standard InChI is InChI=1S/C26H17FN2O3S/c1-13-3-6-15(7-4-13)22-21-23(30)17-12-16(27)8-10-19(17)32-24(21)25(31)29(22)26-28-18-9-5-14(2)11-20(18)33-26/h3-12,22H,1-2H3/t22-/m1/s1. The summed E-state index contributed by atoms with van der Waals surface area (Å²) in [6, 6.07) is 16.6. The van der Waals surface area contributed by atoms with Crippen LogP contribution in [0.4, 0.5) is 9.52 Å². The van der Waals surface area contributed by atoms with Crippen molar-refractivity contribution >= 4 is 43.6 Å². The molecule has 33 heavy (non-hydrogen) atoms. The number of hydrogen-bond acceptors (Lipinski definition) is 5. The zero-order chi connectivity index (χ0) is 22.9. The van der Waals surface area contributed by atoms with Gasteiger partial charge in [-0.2, -0.15) is 0 Å². The molecule has 0 bridgehead atoms. The summed E-state index contributed by atoms with van der Waals surface area (Å²) < 4.78 is 20.8. The van der Waals surface area contributed by atoms with Gasteiger partial charge in [0.05, 0.1) is 27.2 Å². The molecule has 1 amide bonds. The highest BCUT2D eigenvalue weighted by Gasteiger charge is 2.45. The predicted octanol–water partition coefficient (Wildman–Crippen LogP) is 5.91. The molecule has 0 radical (unpaired) electrons. The molecule has 0 N–H and O–H groups in total. The van der Waals surface area contributed by atoms with Gasteiger partial charge in [0.2, 0.25) is 5.76 Å². The smallest absolute Gasteiger partial charge is 0.297 e. The van der Waals surface area contributed by atoms with Crippen LogP contribution < -0.4 is 10.3 Å². The van der Waals surface area contributed by atoms with Crippen LogP contribution in [-0.2, 0) is 0 Å². The van der Waals surface area contributed by atoms with E-state index in [1.165, 1.54) is 28.4 Å². The van der Waals surface area contributed by atoms with Gasteiger partial charge in [-0.25, -0.2) is 9.37 Å². The van der Waals surface area contributed by atoms with E-state index in [2.05, 4.69) is 0 Å². The molecule has 0 fully saturated rings. The maximum atomic E-state index is 13.9. The van der Waals surface area contributed by atoms with Crippen molar-refractivity contribution in [3.8, 4) is 0 Å². The number of nitrogens with zero attached hydrogens (tertiary/aromatic N) is 2. The monoisotopic (exact) mass is 456 g/mol. The van der Waals surface area contributed by atoms with Crippen molar-refractivity contribution in [2.24, 2.45) is 0 Å². The first kappa shape index (κ1) is 19.8. The van der Waals surface area contributed by atoms with Crippen LogP contribution in [0.15, 0.2) is 69.9 Å². The summed E-state index contributed by atoms with van der Waals surface area (Å²) in [7, 11) is 0. The third-order valence-electron chi connectivity index (χ3n) is 5.96. The number of carbonyl (C=O) groups excluding carboxylic acids is 1. The summed E-state index contributed by atoms with van der Waals surface area (Å²) in [4.78, 5) is 33.4. The molecule has 5 aromatic rings. The Labute approximate surface area is 191 Å². The zero-order valence-corrected chi connectivity index (χ0v) is 18.6. The van der Waals surface area contributed by atoms with E-state index < -0.39 is 23.2 Å². The van der Waals surface area contributed by atoms with Gasteiger partial charge in [0.1, 0.15) is 11.4 Å². The molecule has 0 saturated carbocycles. The van der Waals surface area contributed by atoms with Crippen LogP contribution in [0.5, 0.6) is 0 Å². The molecule has 0 aliphatic carbocycles. The van der Waals surface area contributed by atoms with E-state index in [-0.39, 0.29) is 22.3 Å². The number of carbonyl (C=O) groups is 1. The minimum absolute atomic E-state index is 0.0277. The van der Waals surface area contributed by atoms with Crippen LogP contribution in [0.2, 0.25) is 0 Å². The van der Waals surface area contributed by atoms with E-state index in [1.54, 1.807) is 0 Å². The number of rotatable bonds is 2. The van der Waals surface area contributed by atoms with E-state index in [0.29, 0.717) is 5.13 Å². The summed E-state index contributed by atoms with van der Waals surface area (Å²) in [6.07, 6.45) is 0. The van der Waals surface area contributed by atoms with Crippen LogP contribution in [0, 0.1) is 19.7 Å². The van der Waals surface area contributed by atoms with Gasteiger partial charge < -0.3 is 4.42 Å². The number of aromatic nitrogens is 1. The first-order chi connectivity index (χ1) is 15.9. The summed E-state index contributed by atoms with van der Waals surface area (Å²) in [5.74, 6) is -1.00. The van der Waals surface area contributed by atoms with E-state index in [0.717, 1.165) is 33.0 Å². The van der Waals surface area contributed by atoms with Gasteiger partial charge in [0.25, 0.3) is 5.91 Å². The van der Waals surface area contributed by atoms with Crippen LogP contribution in [0.1, 0.15) is 38.9 Å². The van der Waals surface area contributed by atoms with Crippen molar-refractivity contribution in [2.45, 2.75) is 19.9 Å². The molecule has 162 valence electrons. The summed E-state index contributed by atoms with van der Waals surface area (Å²) in [6.45, 7) is 3.97. The number of aryl methyl sites for hydroxylation is 2. The Balaban J connectivity index is 1.64. The normalized spacial score (nSPS) is 15.5. The molecule has 1 aliphatic rings. The molecule has 0 saturated heterocycles. The SMILES string of the molecule is Cc1ccc([C@@H]2c3c(oc4ccc(F)cc4c3=O)C(=O)N2c2nc3ccc(C)cc3s2)cc1. The highest BCUT2D eigenvalue weighted by atomic mass is 32.1. The maximum Gasteiger partial charge on any atom is 0.297 e. The van der Waals surface area contributed by atoms with E-state index in [1.807, 2.05) is 56.3 Å². The molecular formula is C26H17FN2O3S. The van der Waals surface area contributed by atoms with E-state index in [4.69, 9.17) is 9.40 Å². The average molecular weight is 456 g/mol. The van der Waals surface area contributed by atoms with E-state index >= 15 is 0 Å². The lowest BCUT2D eigenvalue weighted by atomic mass is 9.98. The minimum atomic E-state index is -0.723. The second-order valence-corrected chi connectivity index (χ2v) is 9.28. The number of halogens is 1. The fourth-order valence-corrected chi connectivity index (χ4v) is 5.42. The fraction of sp³-hybridized carbons (Fsp3) is 0.115. The van der Waals surface area contributed by atoms with Crippen molar-refractivity contribution in [2.75, 3.05) is 4.90 Å². The molecule has 6 rings (SSSR count). The fourth-order valence-electron chi connectivity index (χ4n) is 4.33. The van der Waals surface area contributed by atoms with Gasteiger partial charge in [0.15, 0.2) is 10.6 Å². The number of amides is 1. The molecule has 7 heteroatoms. The number of hydrogen-bond donors (Lipinski definition) is 0. The van der Waals surface area contributed by atoms with Gasteiger partial charge in [-0.15, -0.1) is 0 Å². The van der Waals surface area contributed by atoms with Crippen LogP contribution in [0.25, 0.3) is 21.2 Å². The number of benzene rings is 3. The van der Waals surface area contributed by atoms with Gasteiger partial charge in [-0.1, -0.05) is 47.2 Å². The molecule has 5 nitrogen and oxygen atoms in total. The number of fused-ring (bicyclic) bond motifs is 3. The molecule has 2 aromatic heterocycles. The predicted molar refractivity (Wildman–Crippen MR) is 127 cm³/mol. The van der Waals surface area contributed by atoms with Crippen LogP contribution in [-0.4, -0.2) is 10.9 Å². The lowest BCUT2D eigenvalue weighted by Gasteiger charge is -2.22.